The highest BCUT2D eigenvalue weighted by atomic mass is 32.2. The van der Waals surface area contributed by atoms with Gasteiger partial charge in [-0.1, -0.05) is 57.4 Å². The molecule has 41 nitrogen and oxygen atoms in total. The zero-order valence-electron chi connectivity index (χ0n) is 83.7. The standard InChI is InChI=1S/C28H41N9O2.C25H39N9O.C25H36N8O3S.C24H27F3N8O/c38-26-14-16-37(26)22-11-9-21(10-12-22)32-28(39)31-20-7-5-19(6-8-20)30-27-29-15-13-24(34-27)33-25-17-23(35-36-25)18-3-1-2-4-18;1-34-14-11-20(12-15-34)29-25(35)28-19-8-6-18(7-9-19)27-24-26-13-10-22(31-24)30-23-16-21(32-33-23)17-4-2-3-5-17;34-24(29-19-12-25(13-19)14-37(35,36)15-25)28-18-7-5-17(6-8-18)27-23-26-10-9-21(31-23)30-22-11-20(32-33-22)16-3-1-2-4-16;25-24(26,27)15-6-3-7-16(10-15)30-23(36)31-18-11-17(12-18)29-22-28-9-8-20(33-22)32-21-13-19(34-35-21)14-4-1-2-5-14/h13,15,17-22H,1-12,14,16H2,(H2,31,32,39)(H3,29,30,33,34,35,36);10,13,16-20H,2-9,11-12,14-15H2,1H3,(H2,28,29,35)(H3,26,27,30,31,32,33);9-11,16-19H,1-8,12-15H2,(H2,28,29,34)(H3,26,27,30,31,32,33);3,6-10,13-14,17-18H,1-2,4-5,11-12H2,(H2,30,31,36)(H3,28,29,32,33,34,35). The topological polar surface area (TPSA) is 536 Å². The largest absolute Gasteiger partial charge is 0.416 e. The normalized spacial score (nSPS) is 24.7. The predicted molar refractivity (Wildman–Crippen MR) is 555 cm³/mol. The smallest absolute Gasteiger partial charge is 0.351 e. The van der Waals surface area contributed by atoms with Crippen LogP contribution >= 0.6 is 0 Å². The maximum absolute atomic E-state index is 12.8. The quantitative estimate of drug-likeness (QED) is 0.0194. The highest BCUT2D eigenvalue weighted by molar-refractivity contribution is 7.92. The maximum Gasteiger partial charge on any atom is 0.416 e. The molecule has 11 heterocycles. The third kappa shape index (κ3) is 29.1. The number of urea groups is 4. The number of aromatic nitrogens is 16. The van der Waals surface area contributed by atoms with E-state index in [0.29, 0.717) is 96.3 Å². The fraction of sp³-hybridized carbons (Fsp3) is 0.618. The van der Waals surface area contributed by atoms with Crippen LogP contribution in [0.15, 0.2) is 97.6 Å². The van der Waals surface area contributed by atoms with Gasteiger partial charge in [-0.15, -0.1) is 0 Å². The van der Waals surface area contributed by atoms with E-state index in [1.54, 1.807) is 30.9 Å². The summed E-state index contributed by atoms with van der Waals surface area (Å²) < 4.78 is 61.4. The Hall–Kier alpha value is -13.0. The number of likely N-dealkylation sites (tertiary alicyclic amines) is 2. The summed E-state index contributed by atoms with van der Waals surface area (Å²) in [5.74, 6) is 11.3. The average molecular weight is 2050 g/mol. The van der Waals surface area contributed by atoms with Crippen LogP contribution in [-0.4, -0.2) is 240 Å². The number of β-lactam (4-membered cyclic amide) rings is 1. The second kappa shape index (κ2) is 47.9. The van der Waals surface area contributed by atoms with Crippen molar-refractivity contribution in [3.8, 4) is 0 Å². The van der Waals surface area contributed by atoms with Crippen LogP contribution in [0.25, 0.3) is 0 Å². The Morgan fingerprint density at radius 2 is 0.687 bits per heavy atom. The zero-order valence-corrected chi connectivity index (χ0v) is 84.6. The number of rotatable bonds is 29. The van der Waals surface area contributed by atoms with Gasteiger partial charge in [-0.3, -0.25) is 25.2 Å². The number of carbonyl (C=O) groups excluding carboxylic acids is 5. The Morgan fingerprint density at radius 3 is 1.01 bits per heavy atom. The monoisotopic (exact) mass is 2050 g/mol. The van der Waals surface area contributed by atoms with Crippen molar-refractivity contribution in [2.24, 2.45) is 5.41 Å². The molecule has 0 atom stereocenters. The number of sulfone groups is 1. The van der Waals surface area contributed by atoms with Crippen LogP contribution < -0.4 is 85.1 Å². The Kier molecular flexibility index (Phi) is 33.4. The number of aromatic amines is 4. The Bertz CT molecular complexity index is 5940. The minimum Gasteiger partial charge on any atom is -0.351 e. The highest BCUT2D eigenvalue weighted by Crippen LogP contribution is 2.50. The van der Waals surface area contributed by atoms with Crippen LogP contribution in [0, 0.1) is 5.41 Å². The average Bonchev–Trinajstić information content (AvgIpc) is 1.34. The summed E-state index contributed by atoms with van der Waals surface area (Å²) in [5.41, 5.74) is 3.96. The van der Waals surface area contributed by atoms with Crippen molar-refractivity contribution in [3.05, 3.63) is 126 Å². The van der Waals surface area contributed by atoms with Crippen LogP contribution in [-0.2, 0) is 20.8 Å². The van der Waals surface area contributed by atoms with Crippen LogP contribution in [0.1, 0.15) is 302 Å². The van der Waals surface area contributed by atoms with E-state index in [1.165, 1.54) is 132 Å². The number of benzene rings is 1. The number of alkyl halides is 3. The van der Waals surface area contributed by atoms with Crippen LogP contribution in [0.2, 0.25) is 0 Å². The fourth-order valence-corrected chi connectivity index (χ4v) is 25.9. The summed E-state index contributed by atoms with van der Waals surface area (Å²) in [5, 5.41) is 80.9. The first kappa shape index (κ1) is 103. The summed E-state index contributed by atoms with van der Waals surface area (Å²) in [6, 6.07) is 21.7. The van der Waals surface area contributed by atoms with E-state index in [0.717, 1.165) is 195 Å². The predicted octanol–water partition coefficient (Wildman–Crippen LogP) is 16.5. The molecular formula is C102H143F3N34O7S. The number of amides is 9. The fourth-order valence-electron chi connectivity index (χ4n) is 23.6. The number of piperidine rings is 1. The molecule has 20 N–H and O–H groups in total. The molecule has 45 heteroatoms. The van der Waals surface area contributed by atoms with Gasteiger partial charge in [0.25, 0.3) is 0 Å². The van der Waals surface area contributed by atoms with Gasteiger partial charge in [0, 0.05) is 192 Å². The van der Waals surface area contributed by atoms with E-state index < -0.39 is 27.6 Å². The minimum absolute atomic E-state index is 0.0208. The van der Waals surface area contributed by atoms with Gasteiger partial charge in [-0.2, -0.15) is 53.5 Å². The molecule has 0 radical (unpaired) electrons. The number of hydrogen-bond donors (Lipinski definition) is 20. The summed E-state index contributed by atoms with van der Waals surface area (Å²) in [6.45, 7) is 2.99. The van der Waals surface area contributed by atoms with E-state index in [4.69, 9.17) is 0 Å². The molecule has 9 amide bonds. The number of hydrogen-bond acceptors (Lipinski definition) is 28. The van der Waals surface area contributed by atoms with Crippen LogP contribution in [0.5, 0.6) is 0 Å². The Morgan fingerprint density at radius 1 is 0.367 bits per heavy atom. The molecule has 10 aliphatic carbocycles. The van der Waals surface area contributed by atoms with Gasteiger partial charge >= 0.3 is 30.3 Å². The molecule has 1 spiro atoms. The van der Waals surface area contributed by atoms with Gasteiger partial charge in [0.05, 0.1) is 17.1 Å². The van der Waals surface area contributed by atoms with Crippen molar-refractivity contribution in [1.82, 2.24) is 128 Å². The van der Waals surface area contributed by atoms with Crippen molar-refractivity contribution in [2.45, 2.75) is 353 Å². The second-order valence-corrected chi connectivity index (χ2v) is 45.1. The molecule has 10 saturated carbocycles. The molecule has 1 aromatic carbocycles. The first-order chi connectivity index (χ1) is 71.3. The van der Waals surface area contributed by atoms with E-state index in [2.05, 4.69) is 196 Å². The van der Waals surface area contributed by atoms with Gasteiger partial charge in [-0.25, -0.2) is 47.5 Å². The lowest BCUT2D eigenvalue weighted by Gasteiger charge is -2.53. The lowest BCUT2D eigenvalue weighted by atomic mass is 9.67. The third-order valence-electron chi connectivity index (χ3n) is 31.8. The summed E-state index contributed by atoms with van der Waals surface area (Å²) in [7, 11) is -0.691. The second-order valence-electron chi connectivity index (χ2n) is 43.0. The maximum atomic E-state index is 12.8. The van der Waals surface area contributed by atoms with Gasteiger partial charge in [-0.05, 0) is 255 Å². The molecule has 22 rings (SSSR count). The molecule has 790 valence electrons. The van der Waals surface area contributed by atoms with E-state index in [-0.39, 0.29) is 107 Å². The van der Waals surface area contributed by atoms with Crippen molar-refractivity contribution in [3.63, 3.8) is 0 Å². The molecule has 8 aromatic heterocycles. The summed E-state index contributed by atoms with van der Waals surface area (Å²) in [4.78, 5) is 101. The minimum atomic E-state index is -4.47. The molecule has 147 heavy (non-hydrogen) atoms. The number of halogens is 3. The molecule has 3 saturated heterocycles. The molecule has 0 bridgehead atoms. The Balaban J connectivity index is 0.000000124. The van der Waals surface area contributed by atoms with Crippen molar-refractivity contribution < 1.29 is 45.6 Å². The summed E-state index contributed by atoms with van der Waals surface area (Å²) >= 11 is 0. The molecule has 3 aliphatic heterocycles. The number of nitrogens with one attached hydrogen (secondary N) is 20. The van der Waals surface area contributed by atoms with Gasteiger partial charge in [0.15, 0.2) is 33.1 Å². The number of H-pyrrole nitrogens is 4. The summed E-state index contributed by atoms with van der Waals surface area (Å²) in [6.07, 6.45) is 43.1. The molecule has 13 fully saturated rings. The van der Waals surface area contributed by atoms with Crippen LogP contribution in [0.4, 0.5) is 108 Å². The lowest BCUT2D eigenvalue weighted by Crippen LogP contribution is -2.63. The van der Waals surface area contributed by atoms with Crippen LogP contribution in [0.3, 0.4) is 0 Å². The van der Waals surface area contributed by atoms with Crippen molar-refractivity contribution in [2.75, 3.05) is 86.0 Å². The van der Waals surface area contributed by atoms with Crippen molar-refractivity contribution >= 4 is 116 Å². The number of carbonyl (C=O) groups is 5. The van der Waals surface area contributed by atoms with E-state index >= 15 is 0 Å². The van der Waals surface area contributed by atoms with Gasteiger partial charge < -0.3 is 94.9 Å². The zero-order chi connectivity index (χ0) is 101. The first-order valence-electron chi connectivity index (χ1n) is 53.7. The SMILES string of the molecule is CN1CCC(NC(=O)NC2CCC(Nc3nccc(Nc4cc(C5CCCC5)[nH]n4)n3)CC2)CC1.O=C(NC1CCC(Nc2nccc(Nc3cc(C4CCCC4)[nH]n3)n2)CC1)NC1CC2(C1)CS(=O)(=O)C2.O=C(NC1CCC(Nc2nccc(Nc3cc(C4CCCC4)[nH]n3)n2)CC1)NC1CCC(N2CCC2=O)CC1.O=C(Nc1cccc(C(F)(F)F)c1)NC1CC(Nc2nccc(Nc3cc(C4CCCC4)[nH]n3)n2)C1. The van der Waals surface area contributed by atoms with Crippen molar-refractivity contribution in [1.29, 1.82) is 0 Å². The number of nitrogens with zero attached hydrogens (tertiary/aromatic N) is 14. The van der Waals surface area contributed by atoms with Gasteiger partial charge in [0.1, 0.15) is 23.3 Å². The third-order valence-corrected chi connectivity index (χ3v) is 33.9. The lowest BCUT2D eigenvalue weighted by molar-refractivity contribution is -0.144. The Labute approximate surface area is 854 Å². The van der Waals surface area contributed by atoms with Gasteiger partial charge in [0.2, 0.25) is 29.7 Å². The number of anilines is 13. The van der Waals surface area contributed by atoms with E-state index in [1.807, 2.05) is 29.2 Å². The molecule has 9 aromatic rings. The molecule has 13 aliphatic rings. The highest BCUT2D eigenvalue weighted by Gasteiger charge is 2.57. The molecule has 0 unspecified atom stereocenters. The van der Waals surface area contributed by atoms with E-state index in [9.17, 15) is 45.6 Å². The first-order valence-corrected chi connectivity index (χ1v) is 55.5. The molecular weight excluding hydrogens is 1900 g/mol.